The Morgan fingerprint density at radius 2 is 1.96 bits per heavy atom. The molecule has 1 atom stereocenters. The quantitative estimate of drug-likeness (QED) is 0.828. The van der Waals surface area contributed by atoms with Gasteiger partial charge in [0, 0.05) is 12.0 Å². The van der Waals surface area contributed by atoms with Crippen LogP contribution in [-0.2, 0) is 16.0 Å². The number of rotatable bonds is 5. The largest absolute Gasteiger partial charge is 0.508 e. The topological polar surface area (TPSA) is 75.6 Å². The second-order valence-corrected chi connectivity index (χ2v) is 4.90. The van der Waals surface area contributed by atoms with Gasteiger partial charge in [-0.15, -0.1) is 0 Å². The van der Waals surface area contributed by atoms with E-state index in [-0.39, 0.29) is 17.7 Å². The van der Waals surface area contributed by atoms with E-state index in [2.05, 4.69) is 10.1 Å². The number of hydrogen-bond acceptors (Lipinski definition) is 4. The maximum Gasteiger partial charge on any atom is 0.328 e. The Bertz CT molecular complexity index is 717. The van der Waals surface area contributed by atoms with Crippen molar-refractivity contribution in [1.29, 1.82) is 0 Å². The predicted molar refractivity (Wildman–Crippen MR) is 81.5 cm³/mol. The van der Waals surface area contributed by atoms with Crippen LogP contribution in [0.25, 0.3) is 0 Å². The molecule has 2 aromatic carbocycles. The van der Waals surface area contributed by atoms with Gasteiger partial charge in [-0.25, -0.2) is 9.18 Å². The molecule has 5 nitrogen and oxygen atoms in total. The minimum absolute atomic E-state index is 0.0378. The van der Waals surface area contributed by atoms with Gasteiger partial charge >= 0.3 is 5.97 Å². The minimum Gasteiger partial charge on any atom is -0.508 e. The number of methoxy groups -OCH3 is 1. The summed E-state index contributed by atoms with van der Waals surface area (Å²) >= 11 is 0. The van der Waals surface area contributed by atoms with Gasteiger partial charge in [0.1, 0.15) is 17.6 Å². The molecule has 0 heterocycles. The van der Waals surface area contributed by atoms with Crippen LogP contribution in [0.3, 0.4) is 0 Å². The van der Waals surface area contributed by atoms with Crippen molar-refractivity contribution in [3.05, 3.63) is 65.5 Å². The summed E-state index contributed by atoms with van der Waals surface area (Å²) in [5.41, 5.74) is 0.478. The first-order chi connectivity index (χ1) is 11.0. The van der Waals surface area contributed by atoms with Crippen molar-refractivity contribution < 1.29 is 23.8 Å². The molecule has 2 aromatic rings. The van der Waals surface area contributed by atoms with Crippen molar-refractivity contribution >= 4 is 11.9 Å². The van der Waals surface area contributed by atoms with E-state index in [0.29, 0.717) is 5.56 Å². The third kappa shape index (κ3) is 4.29. The molecule has 1 amide bonds. The van der Waals surface area contributed by atoms with Crippen LogP contribution in [0.1, 0.15) is 15.9 Å². The Morgan fingerprint density at radius 1 is 1.22 bits per heavy atom. The normalized spacial score (nSPS) is 11.6. The lowest BCUT2D eigenvalue weighted by molar-refractivity contribution is -0.142. The summed E-state index contributed by atoms with van der Waals surface area (Å²) in [6.45, 7) is 0. The van der Waals surface area contributed by atoms with Gasteiger partial charge in [-0.3, -0.25) is 4.79 Å². The van der Waals surface area contributed by atoms with Gasteiger partial charge in [0.15, 0.2) is 0 Å². The van der Waals surface area contributed by atoms with Gasteiger partial charge in [-0.2, -0.15) is 0 Å². The van der Waals surface area contributed by atoms with E-state index in [1.165, 1.54) is 49.6 Å². The monoisotopic (exact) mass is 317 g/mol. The molecule has 0 bridgehead atoms. The Balaban J connectivity index is 2.17. The number of ether oxygens (including phenoxy) is 1. The second-order valence-electron chi connectivity index (χ2n) is 4.90. The average Bonchev–Trinajstić information content (AvgIpc) is 2.55. The van der Waals surface area contributed by atoms with Crippen LogP contribution in [0.5, 0.6) is 5.75 Å². The number of aromatic hydroxyl groups is 1. The van der Waals surface area contributed by atoms with E-state index in [9.17, 15) is 19.1 Å². The van der Waals surface area contributed by atoms with Gasteiger partial charge < -0.3 is 15.2 Å². The SMILES string of the molecule is COC(=O)[C@H](Cc1ccccc1F)NC(=O)c1cccc(O)c1. The summed E-state index contributed by atoms with van der Waals surface area (Å²) < 4.78 is 18.4. The van der Waals surface area contributed by atoms with Crippen LogP contribution >= 0.6 is 0 Å². The Hall–Kier alpha value is -2.89. The van der Waals surface area contributed by atoms with Crippen molar-refractivity contribution in [2.45, 2.75) is 12.5 Å². The molecule has 0 radical (unpaired) electrons. The summed E-state index contributed by atoms with van der Waals surface area (Å²) in [5.74, 6) is -1.77. The number of carbonyl (C=O) groups is 2. The zero-order valence-electron chi connectivity index (χ0n) is 12.5. The van der Waals surface area contributed by atoms with Crippen LogP contribution < -0.4 is 5.32 Å². The Morgan fingerprint density at radius 3 is 2.61 bits per heavy atom. The molecule has 0 saturated carbocycles. The number of esters is 1. The molecule has 0 unspecified atom stereocenters. The van der Waals surface area contributed by atoms with Gasteiger partial charge in [0.2, 0.25) is 0 Å². The molecule has 0 aromatic heterocycles. The predicted octanol–water partition coefficient (Wildman–Crippen LogP) is 2.05. The van der Waals surface area contributed by atoms with Crippen molar-refractivity contribution in [2.24, 2.45) is 0 Å². The van der Waals surface area contributed by atoms with E-state index in [4.69, 9.17) is 0 Å². The molecule has 0 fully saturated rings. The van der Waals surface area contributed by atoms with Crippen molar-refractivity contribution in [1.82, 2.24) is 5.32 Å². The maximum absolute atomic E-state index is 13.7. The zero-order valence-corrected chi connectivity index (χ0v) is 12.5. The van der Waals surface area contributed by atoms with Crippen molar-refractivity contribution in [3.63, 3.8) is 0 Å². The average molecular weight is 317 g/mol. The standard InChI is InChI=1S/C17H16FNO4/c1-23-17(22)15(10-11-5-2-3-8-14(11)18)19-16(21)12-6-4-7-13(20)9-12/h2-9,15,20H,10H2,1H3,(H,19,21)/t15-/m0/s1. The third-order valence-corrected chi connectivity index (χ3v) is 3.28. The van der Waals surface area contributed by atoms with E-state index < -0.39 is 23.7 Å². The third-order valence-electron chi connectivity index (χ3n) is 3.28. The number of carbonyl (C=O) groups excluding carboxylic acids is 2. The molecule has 0 aliphatic heterocycles. The van der Waals surface area contributed by atoms with E-state index in [0.717, 1.165) is 0 Å². The maximum atomic E-state index is 13.7. The summed E-state index contributed by atoms with van der Waals surface area (Å²) in [6, 6.07) is 10.7. The molecule has 6 heteroatoms. The van der Waals surface area contributed by atoms with E-state index in [1.807, 2.05) is 0 Å². The Kier molecular flexibility index (Phi) is 5.30. The number of nitrogens with one attached hydrogen (secondary N) is 1. The molecule has 2 rings (SSSR count). The van der Waals surface area contributed by atoms with Crippen molar-refractivity contribution in [3.8, 4) is 5.75 Å². The molecule has 2 N–H and O–H groups in total. The number of halogens is 1. The molecule has 0 aliphatic rings. The number of phenolic OH excluding ortho intramolecular Hbond substituents is 1. The lowest BCUT2D eigenvalue weighted by Crippen LogP contribution is -2.43. The molecular formula is C17H16FNO4. The van der Waals surface area contributed by atoms with E-state index >= 15 is 0 Å². The van der Waals surface area contributed by atoms with Gasteiger partial charge in [-0.1, -0.05) is 24.3 Å². The van der Waals surface area contributed by atoms with Crippen LogP contribution in [0.2, 0.25) is 0 Å². The number of benzene rings is 2. The highest BCUT2D eigenvalue weighted by atomic mass is 19.1. The molecular weight excluding hydrogens is 301 g/mol. The fourth-order valence-electron chi connectivity index (χ4n) is 2.11. The number of amides is 1. The lowest BCUT2D eigenvalue weighted by Gasteiger charge is -2.17. The summed E-state index contributed by atoms with van der Waals surface area (Å²) in [6.07, 6.45) is -0.0378. The van der Waals surface area contributed by atoms with E-state index in [1.54, 1.807) is 6.07 Å². The van der Waals surface area contributed by atoms with Crippen molar-refractivity contribution in [2.75, 3.05) is 7.11 Å². The molecule has 120 valence electrons. The second kappa shape index (κ2) is 7.40. The highest BCUT2D eigenvalue weighted by Crippen LogP contribution is 2.13. The van der Waals surface area contributed by atoms with Crippen LogP contribution in [0.4, 0.5) is 4.39 Å². The molecule has 0 spiro atoms. The van der Waals surface area contributed by atoms with Crippen LogP contribution in [0.15, 0.2) is 48.5 Å². The molecule has 23 heavy (non-hydrogen) atoms. The van der Waals surface area contributed by atoms with Gasteiger partial charge in [0.25, 0.3) is 5.91 Å². The number of phenols is 1. The first kappa shape index (κ1) is 16.5. The van der Waals surface area contributed by atoms with Crippen LogP contribution in [-0.4, -0.2) is 30.1 Å². The summed E-state index contributed by atoms with van der Waals surface area (Å²) in [4.78, 5) is 24.0. The summed E-state index contributed by atoms with van der Waals surface area (Å²) in [7, 11) is 1.19. The zero-order chi connectivity index (χ0) is 16.8. The first-order valence-corrected chi connectivity index (χ1v) is 6.92. The lowest BCUT2D eigenvalue weighted by atomic mass is 10.0. The summed E-state index contributed by atoms with van der Waals surface area (Å²) in [5, 5.41) is 11.9. The Labute approximate surface area is 132 Å². The number of hydrogen-bond donors (Lipinski definition) is 2. The minimum atomic E-state index is -1.04. The smallest absolute Gasteiger partial charge is 0.328 e. The molecule has 0 saturated heterocycles. The fraction of sp³-hybridized carbons (Fsp3) is 0.176. The fourth-order valence-corrected chi connectivity index (χ4v) is 2.11. The van der Waals surface area contributed by atoms with Gasteiger partial charge in [-0.05, 0) is 29.8 Å². The molecule has 0 aliphatic carbocycles. The van der Waals surface area contributed by atoms with Gasteiger partial charge in [0.05, 0.1) is 7.11 Å². The van der Waals surface area contributed by atoms with Crippen LogP contribution in [0, 0.1) is 5.82 Å². The highest BCUT2D eigenvalue weighted by Gasteiger charge is 2.23. The first-order valence-electron chi connectivity index (χ1n) is 6.92. The highest BCUT2D eigenvalue weighted by molar-refractivity contribution is 5.97.